The molecule has 0 aliphatic carbocycles. The molecule has 1 unspecified atom stereocenters. The lowest BCUT2D eigenvalue weighted by Gasteiger charge is -2.24. The number of hydrogen-bond donors (Lipinski definition) is 1. The molecule has 5 nitrogen and oxygen atoms in total. The highest BCUT2D eigenvalue weighted by Crippen LogP contribution is 2.19. The van der Waals surface area contributed by atoms with Crippen LogP contribution in [0.25, 0.3) is 0 Å². The van der Waals surface area contributed by atoms with Crippen molar-refractivity contribution in [3.05, 3.63) is 17.7 Å². The van der Waals surface area contributed by atoms with E-state index in [2.05, 4.69) is 10.3 Å². The molecule has 1 atom stereocenters. The van der Waals surface area contributed by atoms with E-state index >= 15 is 0 Å². The second-order valence-electron chi connectivity index (χ2n) is 3.57. The molecule has 0 bridgehead atoms. The van der Waals surface area contributed by atoms with Gasteiger partial charge < -0.3 is 9.88 Å². The van der Waals surface area contributed by atoms with Crippen LogP contribution in [-0.4, -0.2) is 22.6 Å². The smallest absolute Gasteiger partial charge is 0.176 e. The summed E-state index contributed by atoms with van der Waals surface area (Å²) in [6.07, 6.45) is 3.72. The number of nitrogens with zero attached hydrogens (tertiary/aromatic N) is 4. The van der Waals surface area contributed by atoms with Crippen molar-refractivity contribution in [2.75, 3.05) is 13.1 Å². The monoisotopic (exact) mass is 201 g/mol. The topological polar surface area (TPSA) is 77.4 Å². The van der Waals surface area contributed by atoms with E-state index < -0.39 is 0 Å². The minimum Gasteiger partial charge on any atom is -0.317 e. The van der Waals surface area contributed by atoms with Crippen molar-refractivity contribution in [3.8, 4) is 12.1 Å². The summed E-state index contributed by atoms with van der Waals surface area (Å²) < 4.78 is 1.81. The van der Waals surface area contributed by atoms with Crippen molar-refractivity contribution in [3.63, 3.8) is 0 Å². The van der Waals surface area contributed by atoms with Crippen molar-refractivity contribution in [2.45, 2.75) is 18.9 Å². The molecule has 5 heteroatoms. The predicted molar refractivity (Wildman–Crippen MR) is 52.8 cm³/mol. The normalized spacial score (nSPS) is 20.5. The average molecular weight is 201 g/mol. The second-order valence-corrected chi connectivity index (χ2v) is 3.57. The molecule has 0 aromatic carbocycles. The fourth-order valence-corrected chi connectivity index (χ4v) is 1.90. The summed E-state index contributed by atoms with van der Waals surface area (Å²) in [5.74, 6) is 0. The molecule has 1 aliphatic rings. The van der Waals surface area contributed by atoms with E-state index in [4.69, 9.17) is 10.5 Å². The van der Waals surface area contributed by atoms with Gasteiger partial charge in [-0.15, -0.1) is 0 Å². The van der Waals surface area contributed by atoms with Gasteiger partial charge in [0.05, 0.1) is 6.33 Å². The fraction of sp³-hybridized carbons (Fsp3) is 0.500. The van der Waals surface area contributed by atoms with Crippen molar-refractivity contribution in [1.82, 2.24) is 14.9 Å². The van der Waals surface area contributed by atoms with Gasteiger partial charge in [0.1, 0.15) is 12.1 Å². The van der Waals surface area contributed by atoms with Gasteiger partial charge >= 0.3 is 0 Å². The van der Waals surface area contributed by atoms with Gasteiger partial charge in [0, 0.05) is 12.6 Å². The van der Waals surface area contributed by atoms with Crippen LogP contribution in [0.4, 0.5) is 0 Å². The van der Waals surface area contributed by atoms with Crippen LogP contribution in [0.5, 0.6) is 0 Å². The van der Waals surface area contributed by atoms with Crippen LogP contribution in [-0.2, 0) is 0 Å². The summed E-state index contributed by atoms with van der Waals surface area (Å²) in [7, 11) is 0. The number of aromatic nitrogens is 2. The predicted octanol–water partition coefficient (Wildman–Crippen LogP) is 0.551. The zero-order chi connectivity index (χ0) is 10.7. The third-order valence-corrected chi connectivity index (χ3v) is 2.67. The first-order valence-electron chi connectivity index (χ1n) is 4.94. The SMILES string of the molecule is N#Cc1ncn(C2CCCNC2)c1C#N. The van der Waals surface area contributed by atoms with Gasteiger partial charge in [0.2, 0.25) is 0 Å². The first-order chi connectivity index (χ1) is 7.36. The summed E-state index contributed by atoms with van der Waals surface area (Å²) in [6, 6.07) is 4.23. The van der Waals surface area contributed by atoms with Crippen LogP contribution in [0.2, 0.25) is 0 Å². The minimum absolute atomic E-state index is 0.225. The van der Waals surface area contributed by atoms with E-state index in [1.165, 1.54) is 0 Å². The molecule has 0 saturated carbocycles. The Morgan fingerprint density at radius 1 is 1.47 bits per heavy atom. The lowest BCUT2D eigenvalue weighted by Crippen LogP contribution is -2.31. The summed E-state index contributed by atoms with van der Waals surface area (Å²) in [5.41, 5.74) is 0.606. The molecule has 1 aromatic rings. The Hall–Kier alpha value is -1.85. The van der Waals surface area contributed by atoms with Crippen molar-refractivity contribution < 1.29 is 0 Å². The van der Waals surface area contributed by atoms with Crippen LogP contribution in [0.3, 0.4) is 0 Å². The minimum atomic E-state index is 0.225. The van der Waals surface area contributed by atoms with Crippen LogP contribution in [0, 0.1) is 22.7 Å². The van der Waals surface area contributed by atoms with Crippen LogP contribution >= 0.6 is 0 Å². The number of imidazole rings is 1. The molecule has 2 heterocycles. The number of piperidine rings is 1. The maximum absolute atomic E-state index is 8.97. The first-order valence-corrected chi connectivity index (χ1v) is 4.94. The molecule has 0 amide bonds. The molecule has 0 radical (unpaired) electrons. The first kappa shape index (κ1) is 9.70. The van der Waals surface area contributed by atoms with E-state index in [1.807, 2.05) is 16.7 Å². The van der Waals surface area contributed by atoms with E-state index in [1.54, 1.807) is 6.33 Å². The third-order valence-electron chi connectivity index (χ3n) is 2.67. The Labute approximate surface area is 88.0 Å². The Morgan fingerprint density at radius 3 is 2.93 bits per heavy atom. The van der Waals surface area contributed by atoms with E-state index in [0.717, 1.165) is 25.9 Å². The highest BCUT2D eigenvalue weighted by atomic mass is 15.1. The zero-order valence-corrected chi connectivity index (χ0v) is 8.27. The van der Waals surface area contributed by atoms with Crippen LogP contribution < -0.4 is 5.32 Å². The molecule has 1 aromatic heterocycles. The van der Waals surface area contributed by atoms with Crippen LogP contribution in [0.15, 0.2) is 6.33 Å². The van der Waals surface area contributed by atoms with Gasteiger partial charge in [-0.2, -0.15) is 10.5 Å². The molecule has 15 heavy (non-hydrogen) atoms. The van der Waals surface area contributed by atoms with E-state index in [-0.39, 0.29) is 11.7 Å². The maximum atomic E-state index is 8.97. The molecular weight excluding hydrogens is 190 g/mol. The molecule has 0 spiro atoms. The Morgan fingerprint density at radius 2 is 2.33 bits per heavy atom. The maximum Gasteiger partial charge on any atom is 0.176 e. The fourth-order valence-electron chi connectivity index (χ4n) is 1.90. The zero-order valence-electron chi connectivity index (χ0n) is 8.27. The molecule has 1 aliphatic heterocycles. The Kier molecular flexibility index (Phi) is 2.66. The highest BCUT2D eigenvalue weighted by molar-refractivity contribution is 5.36. The highest BCUT2D eigenvalue weighted by Gasteiger charge is 2.19. The van der Waals surface area contributed by atoms with Gasteiger partial charge in [-0.25, -0.2) is 4.98 Å². The third kappa shape index (κ3) is 1.70. The number of hydrogen-bond acceptors (Lipinski definition) is 4. The van der Waals surface area contributed by atoms with Crippen molar-refractivity contribution >= 4 is 0 Å². The summed E-state index contributed by atoms with van der Waals surface area (Å²) in [6.45, 7) is 1.87. The van der Waals surface area contributed by atoms with Crippen LogP contribution in [0.1, 0.15) is 30.3 Å². The standard InChI is InChI=1S/C10H11N5/c11-4-9-10(5-12)15(7-14-9)8-2-1-3-13-6-8/h7-8,13H,1-3,6H2. The van der Waals surface area contributed by atoms with E-state index in [0.29, 0.717) is 5.69 Å². The number of rotatable bonds is 1. The molecule has 1 N–H and O–H groups in total. The number of nitrogens with one attached hydrogen (secondary N) is 1. The van der Waals surface area contributed by atoms with Gasteiger partial charge in [0.15, 0.2) is 11.4 Å². The average Bonchev–Trinajstić information content (AvgIpc) is 2.72. The van der Waals surface area contributed by atoms with Gasteiger partial charge in [0.25, 0.3) is 0 Å². The van der Waals surface area contributed by atoms with Crippen molar-refractivity contribution in [2.24, 2.45) is 0 Å². The summed E-state index contributed by atoms with van der Waals surface area (Å²) >= 11 is 0. The lowest BCUT2D eigenvalue weighted by atomic mass is 10.1. The Balaban J connectivity index is 2.32. The lowest BCUT2D eigenvalue weighted by molar-refractivity contribution is 0.369. The molecule has 2 rings (SSSR count). The van der Waals surface area contributed by atoms with Gasteiger partial charge in [-0.3, -0.25) is 0 Å². The summed E-state index contributed by atoms with van der Waals surface area (Å²) in [4.78, 5) is 3.93. The molecular formula is C10H11N5. The van der Waals surface area contributed by atoms with Crippen molar-refractivity contribution in [1.29, 1.82) is 10.5 Å². The van der Waals surface area contributed by atoms with E-state index in [9.17, 15) is 0 Å². The quantitative estimate of drug-likeness (QED) is 0.719. The molecule has 76 valence electrons. The summed E-state index contributed by atoms with van der Waals surface area (Å²) in [5, 5.41) is 21.0. The second kappa shape index (κ2) is 4.12. The molecule has 1 saturated heterocycles. The Bertz CT molecular complexity index is 428. The largest absolute Gasteiger partial charge is 0.317 e. The number of nitriles is 2. The van der Waals surface area contributed by atoms with Gasteiger partial charge in [-0.05, 0) is 19.4 Å². The van der Waals surface area contributed by atoms with Gasteiger partial charge in [-0.1, -0.05) is 0 Å². The molecule has 1 fully saturated rings.